The molecule has 0 unspecified atom stereocenters. The maximum atomic E-state index is 14.1. The van der Waals surface area contributed by atoms with Crippen LogP contribution in [0.2, 0.25) is 0 Å². The first-order valence-electron chi connectivity index (χ1n) is 7.82. The average Bonchev–Trinajstić information content (AvgIpc) is 2.62. The van der Waals surface area contributed by atoms with E-state index in [0.717, 1.165) is 6.07 Å². The second-order valence-electron chi connectivity index (χ2n) is 5.65. The van der Waals surface area contributed by atoms with E-state index in [9.17, 15) is 17.2 Å². The summed E-state index contributed by atoms with van der Waals surface area (Å²) in [5, 5.41) is 2.99. The van der Waals surface area contributed by atoms with E-state index in [1.54, 1.807) is 12.1 Å². The van der Waals surface area contributed by atoms with E-state index in [-0.39, 0.29) is 23.8 Å². The molecule has 1 fully saturated rings. The molecule has 1 saturated heterocycles. The fraction of sp³-hybridized carbons (Fsp3) is 0.294. The Morgan fingerprint density at radius 1 is 1.08 bits per heavy atom. The normalized spacial score (nSPS) is 15.9. The van der Waals surface area contributed by atoms with E-state index in [0.29, 0.717) is 31.0 Å². The first-order chi connectivity index (χ1) is 12.0. The predicted octanol–water partition coefficient (Wildman–Crippen LogP) is 2.60. The average molecular weight is 368 g/mol. The lowest BCUT2D eigenvalue weighted by atomic mass is 10.2. The van der Waals surface area contributed by atoms with Crippen LogP contribution in [-0.4, -0.2) is 39.0 Å². The molecule has 3 rings (SSSR count). The van der Waals surface area contributed by atoms with Crippen molar-refractivity contribution in [2.75, 3.05) is 31.6 Å². The molecule has 134 valence electrons. The van der Waals surface area contributed by atoms with Crippen molar-refractivity contribution in [1.82, 2.24) is 4.31 Å². The van der Waals surface area contributed by atoms with Crippen molar-refractivity contribution in [2.24, 2.45) is 0 Å². The standard InChI is InChI=1S/C17H18F2N2O3S/c18-14-3-1-2-13(10-14)12-20-15-4-5-16(19)17(11-15)25(22,23)21-6-8-24-9-7-21/h1-5,10-11,20H,6-9,12H2. The molecule has 0 bridgehead atoms. The summed E-state index contributed by atoms with van der Waals surface area (Å²) in [6, 6.07) is 9.88. The number of hydrogen-bond donors (Lipinski definition) is 1. The molecular weight excluding hydrogens is 350 g/mol. The van der Waals surface area contributed by atoms with Gasteiger partial charge in [0.25, 0.3) is 0 Å². The molecule has 1 aliphatic heterocycles. The van der Waals surface area contributed by atoms with Gasteiger partial charge in [0.2, 0.25) is 10.0 Å². The van der Waals surface area contributed by atoms with Gasteiger partial charge in [0.05, 0.1) is 13.2 Å². The molecule has 0 spiro atoms. The molecule has 1 N–H and O–H groups in total. The van der Waals surface area contributed by atoms with E-state index in [4.69, 9.17) is 4.74 Å². The number of halogens is 2. The number of sulfonamides is 1. The highest BCUT2D eigenvalue weighted by molar-refractivity contribution is 7.89. The molecule has 2 aromatic carbocycles. The van der Waals surface area contributed by atoms with Crippen molar-refractivity contribution >= 4 is 15.7 Å². The predicted molar refractivity (Wildman–Crippen MR) is 89.7 cm³/mol. The van der Waals surface area contributed by atoms with Crippen LogP contribution in [0.4, 0.5) is 14.5 Å². The van der Waals surface area contributed by atoms with Crippen molar-refractivity contribution < 1.29 is 21.9 Å². The Morgan fingerprint density at radius 2 is 1.84 bits per heavy atom. The number of nitrogens with one attached hydrogen (secondary N) is 1. The number of nitrogens with zero attached hydrogens (tertiary/aromatic N) is 1. The zero-order valence-electron chi connectivity index (χ0n) is 13.4. The lowest BCUT2D eigenvalue weighted by Crippen LogP contribution is -2.40. The first kappa shape index (κ1) is 17.8. The summed E-state index contributed by atoms with van der Waals surface area (Å²) in [5.74, 6) is -1.16. The molecule has 0 aromatic heterocycles. The van der Waals surface area contributed by atoms with E-state index >= 15 is 0 Å². The number of ether oxygens (including phenoxy) is 1. The Labute approximate surface area is 145 Å². The van der Waals surface area contributed by atoms with Gasteiger partial charge in [-0.05, 0) is 35.9 Å². The second-order valence-corrected chi connectivity index (χ2v) is 7.55. The molecule has 0 amide bonds. The van der Waals surface area contributed by atoms with Gasteiger partial charge in [0.15, 0.2) is 0 Å². The highest BCUT2D eigenvalue weighted by Gasteiger charge is 2.29. The van der Waals surface area contributed by atoms with Crippen LogP contribution in [0.15, 0.2) is 47.4 Å². The second kappa shape index (κ2) is 7.47. The summed E-state index contributed by atoms with van der Waals surface area (Å²) in [5.41, 5.74) is 1.14. The van der Waals surface area contributed by atoms with Gasteiger partial charge in [-0.3, -0.25) is 0 Å². The van der Waals surface area contributed by atoms with Gasteiger partial charge >= 0.3 is 0 Å². The molecule has 25 heavy (non-hydrogen) atoms. The minimum absolute atomic E-state index is 0.197. The minimum Gasteiger partial charge on any atom is -0.381 e. The molecule has 0 aliphatic carbocycles. The van der Waals surface area contributed by atoms with Gasteiger partial charge in [-0.1, -0.05) is 12.1 Å². The van der Waals surface area contributed by atoms with Crippen molar-refractivity contribution in [3.05, 3.63) is 59.7 Å². The third-order valence-corrected chi connectivity index (χ3v) is 5.82. The van der Waals surface area contributed by atoms with E-state index < -0.39 is 15.8 Å². The maximum Gasteiger partial charge on any atom is 0.246 e. The van der Waals surface area contributed by atoms with Crippen LogP contribution in [0.1, 0.15) is 5.56 Å². The maximum absolute atomic E-state index is 14.1. The lowest BCUT2D eigenvalue weighted by molar-refractivity contribution is 0.0729. The SMILES string of the molecule is O=S(=O)(c1cc(NCc2cccc(F)c2)ccc1F)N1CCOCC1. The van der Waals surface area contributed by atoms with E-state index in [1.807, 2.05) is 0 Å². The number of rotatable bonds is 5. The van der Waals surface area contributed by atoms with Crippen LogP contribution in [0.5, 0.6) is 0 Å². The van der Waals surface area contributed by atoms with Gasteiger partial charge < -0.3 is 10.1 Å². The Morgan fingerprint density at radius 3 is 2.56 bits per heavy atom. The molecule has 0 saturated carbocycles. The summed E-state index contributed by atoms with van der Waals surface area (Å²) in [6.45, 7) is 1.27. The Balaban J connectivity index is 1.80. The molecule has 2 aromatic rings. The molecule has 0 radical (unpaired) electrons. The molecule has 1 aliphatic rings. The molecule has 8 heteroatoms. The van der Waals surface area contributed by atoms with Crippen LogP contribution in [0.25, 0.3) is 0 Å². The van der Waals surface area contributed by atoms with Crippen molar-refractivity contribution in [3.63, 3.8) is 0 Å². The van der Waals surface area contributed by atoms with Gasteiger partial charge in [-0.25, -0.2) is 17.2 Å². The summed E-state index contributed by atoms with van der Waals surface area (Å²) in [4.78, 5) is -0.376. The minimum atomic E-state index is -3.93. The van der Waals surface area contributed by atoms with Gasteiger partial charge in [-0.2, -0.15) is 4.31 Å². The molecular formula is C17H18F2N2O3S. The Bertz CT molecular complexity index is 853. The zero-order chi connectivity index (χ0) is 17.9. The van der Waals surface area contributed by atoms with Crippen molar-refractivity contribution in [2.45, 2.75) is 11.4 Å². The summed E-state index contributed by atoms with van der Waals surface area (Å²) >= 11 is 0. The van der Waals surface area contributed by atoms with E-state index in [2.05, 4.69) is 5.32 Å². The van der Waals surface area contributed by atoms with Crippen LogP contribution < -0.4 is 5.32 Å². The van der Waals surface area contributed by atoms with Gasteiger partial charge in [-0.15, -0.1) is 0 Å². The number of anilines is 1. The summed E-state index contributed by atoms with van der Waals surface area (Å²) in [7, 11) is -3.93. The van der Waals surface area contributed by atoms with Crippen LogP contribution in [0, 0.1) is 11.6 Å². The molecule has 1 heterocycles. The van der Waals surface area contributed by atoms with Crippen LogP contribution in [-0.2, 0) is 21.3 Å². The highest BCUT2D eigenvalue weighted by Crippen LogP contribution is 2.24. The third-order valence-electron chi connectivity index (χ3n) is 3.90. The largest absolute Gasteiger partial charge is 0.381 e. The third kappa shape index (κ3) is 4.15. The fourth-order valence-corrected chi connectivity index (χ4v) is 4.09. The molecule has 5 nitrogen and oxygen atoms in total. The number of hydrogen-bond acceptors (Lipinski definition) is 4. The lowest BCUT2D eigenvalue weighted by Gasteiger charge is -2.26. The number of benzene rings is 2. The van der Waals surface area contributed by atoms with Gasteiger partial charge in [0, 0.05) is 25.3 Å². The molecule has 0 atom stereocenters. The fourth-order valence-electron chi connectivity index (χ4n) is 2.59. The highest BCUT2D eigenvalue weighted by atomic mass is 32.2. The summed E-state index contributed by atoms with van der Waals surface area (Å²) < 4.78 is 58.9. The van der Waals surface area contributed by atoms with Crippen LogP contribution >= 0.6 is 0 Å². The topological polar surface area (TPSA) is 58.6 Å². The van der Waals surface area contributed by atoms with E-state index in [1.165, 1.54) is 28.6 Å². The zero-order valence-corrected chi connectivity index (χ0v) is 14.2. The van der Waals surface area contributed by atoms with Crippen LogP contribution in [0.3, 0.4) is 0 Å². The Kier molecular flexibility index (Phi) is 5.31. The van der Waals surface area contributed by atoms with Gasteiger partial charge in [0.1, 0.15) is 16.5 Å². The smallest absolute Gasteiger partial charge is 0.246 e. The first-order valence-corrected chi connectivity index (χ1v) is 9.26. The monoisotopic (exact) mass is 368 g/mol. The summed E-state index contributed by atoms with van der Waals surface area (Å²) in [6.07, 6.45) is 0. The number of morpholine rings is 1. The van der Waals surface area contributed by atoms with Crippen molar-refractivity contribution in [3.8, 4) is 0 Å². The Hall–Kier alpha value is -2.03. The van der Waals surface area contributed by atoms with Crippen molar-refractivity contribution in [1.29, 1.82) is 0 Å². The quantitative estimate of drug-likeness (QED) is 0.881.